The molecule has 1 N–H and O–H groups in total. The molecule has 0 spiro atoms. The molecule has 1 aliphatic heterocycles. The normalized spacial score (nSPS) is 53.6. The fourth-order valence-electron chi connectivity index (χ4n) is 5.31. The lowest BCUT2D eigenvalue weighted by Crippen LogP contribution is -2.64. The highest BCUT2D eigenvalue weighted by atomic mass is 16.3. The molecule has 0 aromatic carbocycles. The van der Waals surface area contributed by atoms with Gasteiger partial charge in [-0.05, 0) is 55.8 Å². The van der Waals surface area contributed by atoms with Crippen LogP contribution in [0.4, 0.5) is 0 Å². The second kappa shape index (κ2) is 3.00. The maximum absolute atomic E-state index is 12.0. The van der Waals surface area contributed by atoms with Gasteiger partial charge in [0.2, 0.25) is 5.91 Å². The number of amides is 1. The first-order chi connectivity index (χ1) is 7.78. The highest BCUT2D eigenvalue weighted by molar-refractivity contribution is 5.86. The lowest BCUT2D eigenvalue weighted by molar-refractivity contribution is -0.171. The lowest BCUT2D eigenvalue weighted by Gasteiger charge is -2.50. The summed E-state index contributed by atoms with van der Waals surface area (Å²) in [5.41, 5.74) is 0. The Morgan fingerprint density at radius 1 is 1.06 bits per heavy atom. The van der Waals surface area contributed by atoms with Crippen molar-refractivity contribution >= 4 is 5.91 Å². The molecule has 5 rings (SSSR count). The van der Waals surface area contributed by atoms with E-state index in [0.717, 1.165) is 11.8 Å². The quantitative estimate of drug-likeness (QED) is 0.676. The van der Waals surface area contributed by atoms with Crippen LogP contribution in [0.2, 0.25) is 0 Å². The summed E-state index contributed by atoms with van der Waals surface area (Å²) in [6.45, 7) is -0.0570. The molecule has 6 atom stereocenters. The third-order valence-electron chi connectivity index (χ3n) is 5.65. The summed E-state index contributed by atoms with van der Waals surface area (Å²) in [6, 6.07) is 0.401. The third-order valence-corrected chi connectivity index (χ3v) is 5.65. The number of hydrogen-bond donors (Lipinski definition) is 1. The standard InChI is InChI=1S/C13H19NO2/c15-6-14-12-10-4-7-1-8(5-10)3-9(2-7)11(12)13(14)16/h7-12,15H,1-6H2/t7-,8+,9?,10?,11-,12+/m1/s1. The predicted octanol–water partition coefficient (Wildman–Crippen LogP) is 1.22. The van der Waals surface area contributed by atoms with Crippen LogP contribution in [0.15, 0.2) is 0 Å². The van der Waals surface area contributed by atoms with Crippen molar-refractivity contribution in [1.82, 2.24) is 4.90 Å². The zero-order chi connectivity index (χ0) is 10.9. The number of aliphatic hydroxyl groups excluding tert-OH is 1. The van der Waals surface area contributed by atoms with Crippen molar-refractivity contribution < 1.29 is 9.90 Å². The van der Waals surface area contributed by atoms with Gasteiger partial charge in [-0.3, -0.25) is 4.79 Å². The number of likely N-dealkylation sites (tertiary alicyclic amines) is 1. The van der Waals surface area contributed by atoms with E-state index in [1.54, 1.807) is 4.90 Å². The number of rotatable bonds is 1. The summed E-state index contributed by atoms with van der Waals surface area (Å²) in [6.07, 6.45) is 6.63. The largest absolute Gasteiger partial charge is 0.376 e. The summed E-state index contributed by atoms with van der Waals surface area (Å²) < 4.78 is 0. The number of β-lactam (4-membered cyclic amide) rings is 1. The van der Waals surface area contributed by atoms with E-state index in [1.807, 2.05) is 0 Å². The Morgan fingerprint density at radius 2 is 1.69 bits per heavy atom. The van der Waals surface area contributed by atoms with Gasteiger partial charge in [0.05, 0.1) is 5.92 Å². The van der Waals surface area contributed by atoms with E-state index in [9.17, 15) is 9.90 Å². The van der Waals surface area contributed by atoms with Crippen LogP contribution in [0.1, 0.15) is 32.1 Å². The molecule has 0 aromatic rings. The van der Waals surface area contributed by atoms with Gasteiger partial charge in [-0.15, -0.1) is 0 Å². The Hall–Kier alpha value is -0.570. The summed E-state index contributed by atoms with van der Waals surface area (Å²) >= 11 is 0. The van der Waals surface area contributed by atoms with Gasteiger partial charge in [-0.25, -0.2) is 0 Å². The molecule has 3 nitrogen and oxygen atoms in total. The maximum Gasteiger partial charge on any atom is 0.230 e. The first-order valence-corrected chi connectivity index (χ1v) is 6.69. The van der Waals surface area contributed by atoms with Crippen molar-refractivity contribution in [2.45, 2.75) is 38.1 Å². The van der Waals surface area contributed by atoms with E-state index in [2.05, 4.69) is 0 Å². The minimum atomic E-state index is -0.0570. The number of aliphatic hydroxyl groups is 1. The molecular weight excluding hydrogens is 202 g/mol. The fourth-order valence-corrected chi connectivity index (χ4v) is 5.31. The van der Waals surface area contributed by atoms with E-state index in [0.29, 0.717) is 17.9 Å². The highest BCUT2D eigenvalue weighted by Gasteiger charge is 2.59. The molecule has 1 amide bonds. The van der Waals surface area contributed by atoms with Crippen molar-refractivity contribution in [3.8, 4) is 0 Å². The molecule has 2 unspecified atom stereocenters. The van der Waals surface area contributed by atoms with Crippen molar-refractivity contribution in [1.29, 1.82) is 0 Å². The SMILES string of the molecule is O=C1[C@@H]2C3C[C@@H]4CC(C[C@H](C3)C4)[C@@H]2N1CO. The zero-order valence-electron chi connectivity index (χ0n) is 9.51. The average Bonchev–Trinajstić information content (AvgIpc) is 2.38. The number of carbonyl (C=O) groups excluding carboxylic acids is 1. The minimum absolute atomic E-state index is 0.0570. The van der Waals surface area contributed by atoms with Crippen LogP contribution >= 0.6 is 0 Å². The van der Waals surface area contributed by atoms with Crippen LogP contribution in [0.25, 0.3) is 0 Å². The molecule has 1 heterocycles. The lowest BCUT2D eigenvalue weighted by atomic mass is 9.67. The van der Waals surface area contributed by atoms with Gasteiger partial charge < -0.3 is 10.0 Å². The van der Waals surface area contributed by atoms with E-state index in [-0.39, 0.29) is 18.6 Å². The summed E-state index contributed by atoms with van der Waals surface area (Å²) in [5.74, 6) is 3.66. The molecule has 0 radical (unpaired) electrons. The van der Waals surface area contributed by atoms with E-state index in [4.69, 9.17) is 0 Å². The predicted molar refractivity (Wildman–Crippen MR) is 58.3 cm³/mol. The Kier molecular flexibility index (Phi) is 1.78. The minimum Gasteiger partial charge on any atom is -0.376 e. The molecule has 4 aliphatic carbocycles. The van der Waals surface area contributed by atoms with Crippen molar-refractivity contribution in [3.05, 3.63) is 0 Å². The fraction of sp³-hybridized carbons (Fsp3) is 0.923. The Labute approximate surface area is 95.8 Å². The summed E-state index contributed by atoms with van der Waals surface area (Å²) in [7, 11) is 0. The molecule has 88 valence electrons. The Balaban J connectivity index is 1.72. The molecule has 4 bridgehead atoms. The molecule has 5 aliphatic rings. The van der Waals surface area contributed by atoms with Gasteiger partial charge in [0.1, 0.15) is 6.73 Å². The Bertz CT molecular complexity index is 329. The molecular formula is C13H19NO2. The smallest absolute Gasteiger partial charge is 0.230 e. The maximum atomic E-state index is 12.0. The average molecular weight is 221 g/mol. The van der Waals surface area contributed by atoms with Crippen molar-refractivity contribution in [2.75, 3.05) is 6.73 Å². The monoisotopic (exact) mass is 221 g/mol. The molecule has 4 saturated carbocycles. The van der Waals surface area contributed by atoms with Gasteiger partial charge in [0.15, 0.2) is 0 Å². The number of carbonyl (C=O) groups is 1. The van der Waals surface area contributed by atoms with Crippen LogP contribution in [-0.2, 0) is 4.79 Å². The molecule has 5 fully saturated rings. The van der Waals surface area contributed by atoms with Gasteiger partial charge >= 0.3 is 0 Å². The molecule has 3 heteroatoms. The van der Waals surface area contributed by atoms with Gasteiger partial charge in [-0.1, -0.05) is 0 Å². The number of hydrogen-bond acceptors (Lipinski definition) is 2. The van der Waals surface area contributed by atoms with Crippen molar-refractivity contribution in [3.63, 3.8) is 0 Å². The zero-order valence-corrected chi connectivity index (χ0v) is 9.51. The van der Waals surface area contributed by atoms with E-state index in [1.165, 1.54) is 32.1 Å². The second-order valence-corrected chi connectivity index (χ2v) is 6.40. The van der Waals surface area contributed by atoms with E-state index >= 15 is 0 Å². The van der Waals surface area contributed by atoms with Crippen LogP contribution in [-0.4, -0.2) is 28.7 Å². The first-order valence-electron chi connectivity index (χ1n) is 6.69. The topological polar surface area (TPSA) is 40.5 Å². The summed E-state index contributed by atoms with van der Waals surface area (Å²) in [5, 5.41) is 9.29. The molecule has 1 saturated heterocycles. The third kappa shape index (κ3) is 1.01. The van der Waals surface area contributed by atoms with E-state index < -0.39 is 0 Å². The first kappa shape index (κ1) is 9.46. The summed E-state index contributed by atoms with van der Waals surface area (Å²) in [4.78, 5) is 13.7. The number of nitrogens with zero attached hydrogens (tertiary/aromatic N) is 1. The van der Waals surface area contributed by atoms with Crippen LogP contribution in [0, 0.1) is 29.6 Å². The molecule has 0 aromatic heterocycles. The van der Waals surface area contributed by atoms with Crippen molar-refractivity contribution in [2.24, 2.45) is 29.6 Å². The Morgan fingerprint density at radius 3 is 2.31 bits per heavy atom. The molecule has 16 heavy (non-hydrogen) atoms. The van der Waals surface area contributed by atoms with Gasteiger partial charge in [0.25, 0.3) is 0 Å². The highest BCUT2D eigenvalue weighted by Crippen LogP contribution is 2.57. The van der Waals surface area contributed by atoms with Gasteiger partial charge in [-0.2, -0.15) is 0 Å². The van der Waals surface area contributed by atoms with Crippen LogP contribution in [0.3, 0.4) is 0 Å². The van der Waals surface area contributed by atoms with Crippen LogP contribution < -0.4 is 0 Å². The van der Waals surface area contributed by atoms with Gasteiger partial charge in [0, 0.05) is 6.04 Å². The second-order valence-electron chi connectivity index (χ2n) is 6.40. The van der Waals surface area contributed by atoms with Crippen LogP contribution in [0.5, 0.6) is 0 Å².